The van der Waals surface area contributed by atoms with E-state index in [4.69, 9.17) is 4.84 Å². The van der Waals surface area contributed by atoms with Crippen molar-refractivity contribution in [2.45, 2.75) is 95.6 Å². The molecule has 448 valence electrons. The molecule has 0 saturated carbocycles. The van der Waals surface area contributed by atoms with Gasteiger partial charge in [0.1, 0.15) is 12.1 Å². The van der Waals surface area contributed by atoms with Gasteiger partial charge in [-0.05, 0) is 88.1 Å². The number of halogens is 2. The Kier molecular flexibility index (Phi) is 22.8. The number of aryl methyl sites for hydroxylation is 2. The maximum atomic E-state index is 17.6. The molecule has 4 N–H and O–H groups in total. The highest BCUT2D eigenvalue weighted by molar-refractivity contribution is 7.86. The second-order valence-electron chi connectivity index (χ2n) is 22.8. The first-order valence-corrected chi connectivity index (χ1v) is 30.1. The lowest BCUT2D eigenvalue weighted by molar-refractivity contribution is -0.870. The van der Waals surface area contributed by atoms with Crippen LogP contribution in [0.1, 0.15) is 93.1 Å². The Labute approximate surface area is 472 Å². The molecule has 3 aliphatic heterocycles. The lowest BCUT2D eigenvalue weighted by atomic mass is 9.88. The Morgan fingerprint density at radius 3 is 1.90 bits per heavy atom. The minimum absolute atomic E-state index is 0.00165. The number of carbonyl (C=O) groups excluding carboxylic acids is 7. The van der Waals surface area contributed by atoms with E-state index in [1.807, 2.05) is 42.8 Å². The van der Waals surface area contributed by atoms with Crippen LogP contribution in [0.5, 0.6) is 0 Å². The molecule has 81 heavy (non-hydrogen) atoms. The van der Waals surface area contributed by atoms with Crippen LogP contribution in [-0.2, 0) is 71.5 Å². The number of imide groups is 1. The molecule has 2 atom stereocenters. The summed E-state index contributed by atoms with van der Waals surface area (Å²) in [5.74, 6) is -9.30. The highest BCUT2D eigenvalue weighted by Crippen LogP contribution is 2.40. The van der Waals surface area contributed by atoms with Crippen LogP contribution in [0.3, 0.4) is 0 Å². The van der Waals surface area contributed by atoms with Crippen LogP contribution < -0.4 is 21.3 Å². The first-order chi connectivity index (χ1) is 37.7. The van der Waals surface area contributed by atoms with Crippen molar-refractivity contribution < 1.29 is 86.4 Å². The van der Waals surface area contributed by atoms with Crippen LogP contribution in [0.15, 0.2) is 53.7 Å². The number of hydroxylamine groups is 2. The number of rotatable bonds is 33. The highest BCUT2D eigenvalue weighted by Gasteiger charge is 2.54. The summed E-state index contributed by atoms with van der Waals surface area (Å²) in [6.07, 6.45) is 7.11. The fourth-order valence-corrected chi connectivity index (χ4v) is 11.0. The van der Waals surface area contributed by atoms with Gasteiger partial charge in [0.15, 0.2) is 11.4 Å². The predicted molar refractivity (Wildman–Crippen MR) is 293 cm³/mol. The van der Waals surface area contributed by atoms with Crippen molar-refractivity contribution in [3.63, 3.8) is 0 Å². The summed E-state index contributed by atoms with van der Waals surface area (Å²) in [5, 5.41) is 9.19. The van der Waals surface area contributed by atoms with Gasteiger partial charge in [0.25, 0.3) is 11.8 Å². The minimum Gasteiger partial charge on any atom is -0.748 e. The van der Waals surface area contributed by atoms with Crippen LogP contribution in [0.25, 0.3) is 6.08 Å². The summed E-state index contributed by atoms with van der Waals surface area (Å²) in [6.45, 7) is -3.12. The maximum Gasteiger partial charge on any atom is 0.737 e. The zero-order chi connectivity index (χ0) is 60.1. The van der Waals surface area contributed by atoms with Gasteiger partial charge in [-0.2, -0.15) is 0 Å². The van der Waals surface area contributed by atoms with Gasteiger partial charge in [-0.1, -0.05) is 24.6 Å². The normalized spacial score (nSPS) is 16.1. The second-order valence-corrected chi connectivity index (χ2v) is 25.7. The largest absolute Gasteiger partial charge is 0.748 e. The number of quaternary nitrogens is 2. The van der Waals surface area contributed by atoms with Gasteiger partial charge in [0.05, 0.1) is 93.7 Å². The van der Waals surface area contributed by atoms with E-state index < -0.39 is 105 Å². The Morgan fingerprint density at radius 1 is 0.741 bits per heavy atom. The molecule has 24 nitrogen and oxygen atoms in total. The van der Waals surface area contributed by atoms with Crippen LogP contribution in [0, 0.1) is 0 Å². The summed E-state index contributed by atoms with van der Waals surface area (Å²) < 4.78 is 110. The zero-order valence-corrected chi connectivity index (χ0v) is 48.8. The van der Waals surface area contributed by atoms with E-state index in [0.717, 1.165) is 34.0 Å². The lowest BCUT2D eigenvalue weighted by Crippen LogP contribution is -2.55. The number of carbonyl (C=O) groups is 7. The molecule has 0 radical (unpaired) electrons. The van der Waals surface area contributed by atoms with E-state index in [-0.39, 0.29) is 37.9 Å². The van der Waals surface area contributed by atoms with E-state index >= 15 is 8.63 Å². The number of fused-ring (bicyclic) bond motifs is 2. The van der Waals surface area contributed by atoms with Crippen molar-refractivity contribution in [3.8, 4) is 0 Å². The van der Waals surface area contributed by atoms with Crippen molar-refractivity contribution in [1.29, 1.82) is 0 Å². The van der Waals surface area contributed by atoms with Gasteiger partial charge in [0.2, 0.25) is 23.6 Å². The van der Waals surface area contributed by atoms with E-state index in [2.05, 4.69) is 31.8 Å². The molecule has 1 aromatic heterocycles. The monoisotopic (exact) mass is 1180 g/mol. The third-order valence-corrected chi connectivity index (χ3v) is 15.1. The second kappa shape index (κ2) is 28.2. The highest BCUT2D eigenvalue weighted by atomic mass is 32.2. The summed E-state index contributed by atoms with van der Waals surface area (Å²) in [7, 11) is 3.67. The molecule has 6 amide bonds. The number of nitrogens with one attached hydrogen (secondary N) is 4. The van der Waals surface area contributed by atoms with Gasteiger partial charge in [-0.25, -0.2) is 21.6 Å². The SMILES string of the molecule is CN(CCCCCC(=O)ON1C(=O)CCC1=O)CCCNC(=O)C(CS(=O)(=O)[O-])NC(=O)CNC(=O)C(CS(=O)(=O)[O-])NC(=O)CCc1cc(CCC[N+](C)(C)C)c2n1[B-](F)(F)[N+]1=C(c3ccccc3)C=C(CCC[N+](C)(C)C)C1=C2. The van der Waals surface area contributed by atoms with Gasteiger partial charge >= 0.3 is 12.9 Å². The van der Waals surface area contributed by atoms with Crippen molar-refractivity contribution in [3.05, 3.63) is 76.3 Å². The van der Waals surface area contributed by atoms with Gasteiger partial charge < -0.3 is 66.7 Å². The molecule has 29 heteroatoms. The van der Waals surface area contributed by atoms with Gasteiger partial charge in [-0.3, -0.25) is 28.8 Å². The number of aromatic nitrogens is 1. The summed E-state index contributed by atoms with van der Waals surface area (Å²) in [4.78, 5) is 95.0. The molecule has 3 aliphatic rings. The van der Waals surface area contributed by atoms with Crippen molar-refractivity contribution >= 4 is 80.4 Å². The van der Waals surface area contributed by atoms with E-state index in [0.29, 0.717) is 100 Å². The number of amides is 6. The number of nitrogens with zero attached hydrogens (tertiary/aromatic N) is 6. The predicted octanol–water partition coefficient (Wildman–Crippen LogP) is 0.347. The topological polar surface area (TPSA) is 306 Å². The Balaban J connectivity index is 1.20. The average Bonchev–Trinajstić information content (AvgIpc) is 3.52. The number of allylic oxidation sites excluding steroid dienone is 2. The first-order valence-electron chi connectivity index (χ1n) is 27.0. The average molecular weight is 1180 g/mol. The van der Waals surface area contributed by atoms with Gasteiger partial charge in [-0.15, -0.1) is 5.06 Å². The zero-order valence-electron chi connectivity index (χ0n) is 47.2. The Hall–Kier alpha value is -6.24. The van der Waals surface area contributed by atoms with E-state index in [1.54, 1.807) is 49.5 Å². The van der Waals surface area contributed by atoms with Crippen LogP contribution in [0.2, 0.25) is 0 Å². The van der Waals surface area contributed by atoms with Crippen molar-refractivity contribution in [2.75, 3.05) is 100 Å². The molecule has 1 aromatic carbocycles. The van der Waals surface area contributed by atoms with Crippen LogP contribution in [-0.4, -0.2) is 220 Å². The fourth-order valence-electron chi connectivity index (χ4n) is 9.68. The standard InChI is InChI=1S/C52H77BF2N10O14S2/c1-60(27-13-9-12-21-50(70)79-63-48(68)24-25-49(63)69)28-16-26-56-51(71)41(35-80(73,74)75)59-47(67)34-57-52(72)42(36-81(76,77)78)58-46(66)23-22-40-31-38(19-14-29-64(2,3)4)44-33-45-39(20-15-30-65(5,6)7)32-43(37-17-10-8-11-18-37)62(45)53(54,55)61(40)44/h8,10-11,17-18,31-33,41-42H,9,12-16,19-30,34-36H2,1-7H3,(H4-2,56,57,58,59,66,67,71,72,73,74,75,76,77,78). The number of hydrogen-bond donors (Lipinski definition) is 4. The fraction of sp³-hybridized carbons (Fsp3) is 0.577. The third-order valence-electron chi connectivity index (χ3n) is 13.6. The molecule has 0 bridgehead atoms. The molecule has 1 saturated heterocycles. The molecular formula is C52H77BF2N10O14S2. The lowest BCUT2D eigenvalue weighted by Gasteiger charge is -2.32. The number of unbranched alkanes of at least 4 members (excludes halogenated alkanes) is 2. The quantitative estimate of drug-likeness (QED) is 0.0247. The molecule has 0 spiro atoms. The summed E-state index contributed by atoms with van der Waals surface area (Å²) in [5.41, 5.74) is 3.06. The molecule has 5 rings (SSSR count). The molecule has 0 aliphatic carbocycles. The molecule has 2 aromatic rings. The number of benzene rings is 1. The molecular weight excluding hydrogens is 1100 g/mol. The smallest absolute Gasteiger partial charge is 0.737 e. The molecule has 2 unspecified atom stereocenters. The van der Waals surface area contributed by atoms with E-state index in [9.17, 15) is 59.5 Å². The number of hydrogen-bond acceptors (Lipinski definition) is 15. The van der Waals surface area contributed by atoms with Gasteiger partial charge in [0, 0.05) is 74.1 Å². The van der Waals surface area contributed by atoms with Crippen LogP contribution in [0.4, 0.5) is 8.63 Å². The van der Waals surface area contributed by atoms with E-state index in [1.165, 1.54) is 0 Å². The Bertz CT molecular complexity index is 2980. The maximum absolute atomic E-state index is 17.6. The molecule has 1 fully saturated rings. The van der Waals surface area contributed by atoms with Crippen molar-refractivity contribution in [1.82, 2.24) is 35.7 Å². The summed E-state index contributed by atoms with van der Waals surface area (Å²) >= 11 is 0. The Morgan fingerprint density at radius 2 is 1.31 bits per heavy atom. The minimum atomic E-state index is -5.24. The molecule has 4 heterocycles. The van der Waals surface area contributed by atoms with Crippen LogP contribution >= 0.6 is 0 Å². The first kappa shape index (κ1) is 65.6. The third kappa shape index (κ3) is 20.6. The van der Waals surface area contributed by atoms with Crippen molar-refractivity contribution in [2.24, 2.45) is 0 Å². The summed E-state index contributed by atoms with van der Waals surface area (Å²) in [6, 6.07) is 6.46.